The third-order valence-electron chi connectivity index (χ3n) is 7.34. The number of sulfonamides is 1. The van der Waals surface area contributed by atoms with Crippen molar-refractivity contribution in [1.29, 1.82) is 0 Å². The molecule has 0 spiro atoms. The summed E-state index contributed by atoms with van der Waals surface area (Å²) >= 11 is 0. The van der Waals surface area contributed by atoms with Crippen LogP contribution in [0.4, 0.5) is 5.82 Å². The summed E-state index contributed by atoms with van der Waals surface area (Å²) in [5, 5.41) is 2.22. The second-order valence-corrected chi connectivity index (χ2v) is 12.4. The number of nitrogens with zero attached hydrogens (tertiary/aromatic N) is 3. The van der Waals surface area contributed by atoms with Crippen LogP contribution in [0.1, 0.15) is 50.2 Å². The summed E-state index contributed by atoms with van der Waals surface area (Å²) in [4.78, 5) is 24.7. The molecule has 1 saturated heterocycles. The predicted octanol–water partition coefficient (Wildman–Crippen LogP) is 5.90. The Morgan fingerprint density at radius 3 is 2.45 bits per heavy atom. The summed E-state index contributed by atoms with van der Waals surface area (Å²) in [6, 6.07) is 18.8. The van der Waals surface area contributed by atoms with Crippen molar-refractivity contribution in [3.05, 3.63) is 83.7 Å². The van der Waals surface area contributed by atoms with Crippen molar-refractivity contribution in [2.75, 3.05) is 11.4 Å². The highest BCUT2D eigenvalue weighted by atomic mass is 32.2. The van der Waals surface area contributed by atoms with Crippen LogP contribution < -0.4 is 9.62 Å². The van der Waals surface area contributed by atoms with Gasteiger partial charge in [-0.3, -0.25) is 9.78 Å². The molecule has 7 nitrogen and oxygen atoms in total. The first-order valence-electron chi connectivity index (χ1n) is 12.7. The number of aromatic nitrogens is 2. The topological polar surface area (TPSA) is 92.3 Å². The van der Waals surface area contributed by atoms with E-state index in [0.29, 0.717) is 24.0 Å². The number of rotatable bonds is 5. The molecule has 4 aromatic rings. The van der Waals surface area contributed by atoms with E-state index in [1.165, 1.54) is 23.9 Å². The molecule has 8 heteroatoms. The van der Waals surface area contributed by atoms with E-state index in [-0.39, 0.29) is 17.4 Å². The molecule has 38 heavy (non-hydrogen) atoms. The second kappa shape index (κ2) is 9.51. The second-order valence-electron chi connectivity index (χ2n) is 10.8. The minimum atomic E-state index is -4.12. The Hall–Kier alpha value is -3.78. The van der Waals surface area contributed by atoms with E-state index in [2.05, 4.69) is 66.6 Å². The van der Waals surface area contributed by atoms with Gasteiger partial charge in [0, 0.05) is 25.3 Å². The molecule has 0 bridgehead atoms. The van der Waals surface area contributed by atoms with Crippen LogP contribution in [-0.2, 0) is 10.0 Å². The third kappa shape index (κ3) is 4.65. The lowest BCUT2D eigenvalue weighted by Gasteiger charge is -2.34. The van der Waals surface area contributed by atoms with E-state index in [9.17, 15) is 13.2 Å². The van der Waals surface area contributed by atoms with Crippen LogP contribution in [0.15, 0.2) is 71.8 Å². The van der Waals surface area contributed by atoms with Gasteiger partial charge in [-0.05, 0) is 80.6 Å². The number of aryl methyl sites for hydroxylation is 2. The Bertz CT molecular complexity index is 1670. The van der Waals surface area contributed by atoms with Crippen LogP contribution in [0.5, 0.6) is 0 Å². The van der Waals surface area contributed by atoms with E-state index in [0.717, 1.165) is 28.5 Å². The van der Waals surface area contributed by atoms with Gasteiger partial charge >= 0.3 is 0 Å². The van der Waals surface area contributed by atoms with Crippen LogP contribution in [0, 0.1) is 19.8 Å². The molecule has 0 radical (unpaired) electrons. The molecule has 1 atom stereocenters. The van der Waals surface area contributed by atoms with Crippen molar-refractivity contribution < 1.29 is 14.6 Å². The Kier molecular flexibility index (Phi) is 6.47. The van der Waals surface area contributed by atoms with Gasteiger partial charge in [0.05, 0.1) is 17.0 Å². The fourth-order valence-electron chi connectivity index (χ4n) is 5.60. The van der Waals surface area contributed by atoms with Gasteiger partial charge in [0.2, 0.25) is 0 Å². The Labute approximate surface area is 225 Å². The number of fused-ring (bicyclic) bond motifs is 1. The van der Waals surface area contributed by atoms with Crippen LogP contribution in [0.25, 0.3) is 22.0 Å². The lowest BCUT2D eigenvalue weighted by molar-refractivity contribution is 0.0981. The van der Waals surface area contributed by atoms with Crippen molar-refractivity contribution in [3.63, 3.8) is 0 Å². The normalized spacial score (nSPS) is 17.1. The first-order valence-corrected chi connectivity index (χ1v) is 14.2. The van der Waals surface area contributed by atoms with E-state index >= 15 is 0 Å². The van der Waals surface area contributed by atoms with Gasteiger partial charge in [0.15, 0.2) is 0 Å². The number of carbonyl (C=O) groups excluding carboxylic acids is 1. The fourth-order valence-corrected chi connectivity index (χ4v) is 6.76. The van der Waals surface area contributed by atoms with Crippen LogP contribution >= 0.6 is 0 Å². The first-order chi connectivity index (χ1) is 18.0. The molecule has 0 aliphatic carbocycles. The molecule has 1 aliphatic heterocycles. The van der Waals surface area contributed by atoms with Crippen LogP contribution in [-0.4, -0.2) is 36.4 Å². The summed E-state index contributed by atoms with van der Waals surface area (Å²) in [5.74, 6) is 0.164. The molecule has 1 fully saturated rings. The number of amides is 1. The van der Waals surface area contributed by atoms with Crippen molar-refractivity contribution in [3.8, 4) is 11.3 Å². The smallest absolute Gasteiger partial charge is 0.268 e. The molecule has 5 rings (SSSR count). The zero-order valence-electron chi connectivity index (χ0n) is 22.3. The Balaban J connectivity index is 0.00000353. The van der Waals surface area contributed by atoms with E-state index in [1.54, 1.807) is 19.1 Å². The minimum Gasteiger partial charge on any atom is -0.351 e. The monoisotopic (exact) mass is 530 g/mol. The van der Waals surface area contributed by atoms with E-state index < -0.39 is 15.9 Å². The maximum absolute atomic E-state index is 13.5. The molecule has 1 aliphatic rings. The summed E-state index contributed by atoms with van der Waals surface area (Å²) < 4.78 is 28.5. The molecule has 0 unspecified atom stereocenters. The van der Waals surface area contributed by atoms with Crippen molar-refractivity contribution >= 4 is 32.5 Å². The molecule has 1 N–H and O–H groups in total. The number of hydrogen-bond acceptors (Lipinski definition) is 6. The van der Waals surface area contributed by atoms with E-state index in [4.69, 9.17) is 4.98 Å². The van der Waals surface area contributed by atoms with Gasteiger partial charge in [0.25, 0.3) is 15.9 Å². The number of benzene rings is 2. The fraction of sp³-hybridized carbons (Fsp3) is 0.300. The van der Waals surface area contributed by atoms with Gasteiger partial charge in [-0.15, -0.1) is 0 Å². The summed E-state index contributed by atoms with van der Waals surface area (Å²) in [7, 11) is -4.12. The first kappa shape index (κ1) is 25.9. The van der Waals surface area contributed by atoms with Crippen LogP contribution in [0.2, 0.25) is 0 Å². The Morgan fingerprint density at radius 2 is 1.76 bits per heavy atom. The maximum Gasteiger partial charge on any atom is 0.268 e. The quantitative estimate of drug-likeness (QED) is 0.345. The molecule has 198 valence electrons. The minimum absolute atomic E-state index is 0. The van der Waals surface area contributed by atoms with Gasteiger partial charge in [0.1, 0.15) is 10.7 Å². The lowest BCUT2D eigenvalue weighted by Crippen LogP contribution is -2.41. The lowest BCUT2D eigenvalue weighted by atomic mass is 9.96. The average molecular weight is 531 g/mol. The number of hydrogen-bond donors (Lipinski definition) is 1. The Morgan fingerprint density at radius 1 is 1.03 bits per heavy atom. The zero-order valence-corrected chi connectivity index (χ0v) is 23.1. The summed E-state index contributed by atoms with van der Waals surface area (Å²) in [6.07, 6.45) is 2.45. The van der Waals surface area contributed by atoms with Crippen molar-refractivity contribution in [2.24, 2.45) is 5.92 Å². The highest BCUT2D eigenvalue weighted by molar-refractivity contribution is 7.90. The molecular weight excluding hydrogens is 496 g/mol. The van der Waals surface area contributed by atoms with Crippen molar-refractivity contribution in [1.82, 2.24) is 14.7 Å². The average Bonchev–Trinajstić information content (AvgIpc) is 3.15. The molecule has 3 heterocycles. The highest BCUT2D eigenvalue weighted by Crippen LogP contribution is 2.39. The predicted molar refractivity (Wildman–Crippen MR) is 153 cm³/mol. The summed E-state index contributed by atoms with van der Waals surface area (Å²) in [5.41, 5.74) is 3.15. The maximum atomic E-state index is 13.5. The van der Waals surface area contributed by atoms with Gasteiger partial charge < -0.3 is 4.90 Å². The number of pyridine rings is 2. The number of anilines is 1. The van der Waals surface area contributed by atoms with Crippen molar-refractivity contribution in [2.45, 2.75) is 51.5 Å². The number of carbonyl (C=O) groups is 1. The molecular formula is C30H34N4O3S. The SMILES string of the molecule is Cc1ncccc1S(=O)(=O)NC(=O)c1ccc(-c2ccc(C)c3ccccc23)nc1N1C[C@@H](C)CC1(C)C.[HH]. The van der Waals surface area contributed by atoms with Gasteiger partial charge in [-0.25, -0.2) is 18.1 Å². The van der Waals surface area contributed by atoms with Crippen LogP contribution in [0.3, 0.4) is 0 Å². The standard InChI is InChI=1S/C30H32N4O3S.H2/c1-19-17-30(4,5)34(18-19)28-25(29(35)33-38(36,37)27-11-8-16-31-21(27)3)14-15-26(32-28)24-13-12-20(2)22-9-6-7-10-23(22)24;/h6-16,19H,17-18H2,1-5H3,(H,33,35);1H/t19-;/m0./s1. The molecule has 1 amide bonds. The summed E-state index contributed by atoms with van der Waals surface area (Å²) in [6.45, 7) is 10.8. The third-order valence-corrected chi connectivity index (χ3v) is 8.81. The van der Waals surface area contributed by atoms with E-state index in [1.807, 2.05) is 12.1 Å². The van der Waals surface area contributed by atoms with Gasteiger partial charge in [-0.2, -0.15) is 0 Å². The molecule has 0 saturated carbocycles. The molecule has 2 aromatic heterocycles. The van der Waals surface area contributed by atoms with Gasteiger partial charge in [-0.1, -0.05) is 43.3 Å². The molecule has 2 aromatic carbocycles. The highest BCUT2D eigenvalue weighted by Gasteiger charge is 2.39. The largest absolute Gasteiger partial charge is 0.351 e. The zero-order chi connectivity index (χ0) is 27.2. The number of nitrogens with one attached hydrogen (secondary N) is 1.